The number of halogens is 2. The molecular formula is C23H23F2N5O. The van der Waals surface area contributed by atoms with Gasteiger partial charge in [-0.3, -0.25) is 4.57 Å². The maximum Gasteiger partial charge on any atom is 0.162 e. The highest BCUT2D eigenvalue weighted by atomic mass is 19.1. The zero-order valence-corrected chi connectivity index (χ0v) is 18.0. The predicted molar refractivity (Wildman–Crippen MR) is 116 cm³/mol. The number of fused-ring (bicyclic) bond motifs is 4. The number of ether oxygens (including phenoxy) is 1. The van der Waals surface area contributed by atoms with E-state index >= 15 is 4.39 Å². The summed E-state index contributed by atoms with van der Waals surface area (Å²) >= 11 is 0. The van der Waals surface area contributed by atoms with Crippen molar-refractivity contribution in [1.29, 1.82) is 0 Å². The van der Waals surface area contributed by atoms with Crippen molar-refractivity contribution in [1.82, 2.24) is 19.3 Å². The number of aryl methyl sites for hydroxylation is 2. The summed E-state index contributed by atoms with van der Waals surface area (Å²) in [7, 11) is 1.53. The molecule has 6 nitrogen and oxygen atoms in total. The van der Waals surface area contributed by atoms with E-state index in [1.807, 2.05) is 49.1 Å². The van der Waals surface area contributed by atoms with Crippen LogP contribution in [0, 0.1) is 18.6 Å². The molecule has 2 aromatic heterocycles. The Kier molecular flexibility index (Phi) is 4.12. The minimum absolute atomic E-state index is 0.305. The van der Waals surface area contributed by atoms with Crippen LogP contribution in [0.1, 0.15) is 32.4 Å². The van der Waals surface area contributed by atoms with E-state index in [4.69, 9.17) is 4.74 Å². The van der Waals surface area contributed by atoms with E-state index in [1.54, 1.807) is 0 Å². The molecule has 0 saturated heterocycles. The lowest BCUT2D eigenvalue weighted by atomic mass is 9.95. The Morgan fingerprint density at radius 3 is 2.61 bits per heavy atom. The van der Waals surface area contributed by atoms with E-state index in [0.717, 1.165) is 10.9 Å². The molecule has 1 aliphatic heterocycles. The molecule has 1 aliphatic rings. The van der Waals surface area contributed by atoms with Crippen LogP contribution in [0.4, 0.5) is 14.5 Å². The molecule has 1 N–H and O–H groups in total. The van der Waals surface area contributed by atoms with E-state index in [1.165, 1.54) is 25.3 Å². The zero-order chi connectivity index (χ0) is 22.1. The Labute approximate surface area is 178 Å². The third-order valence-electron chi connectivity index (χ3n) is 5.94. The minimum atomic E-state index is -0.633. The second-order valence-corrected chi connectivity index (χ2v) is 8.31. The fourth-order valence-corrected chi connectivity index (χ4v) is 4.52. The maximum atomic E-state index is 15.5. The van der Waals surface area contributed by atoms with Crippen molar-refractivity contribution >= 4 is 16.6 Å². The molecule has 0 bridgehead atoms. The van der Waals surface area contributed by atoms with E-state index in [0.29, 0.717) is 46.4 Å². The van der Waals surface area contributed by atoms with Crippen molar-refractivity contribution in [2.24, 2.45) is 0 Å². The van der Waals surface area contributed by atoms with Crippen molar-refractivity contribution in [2.45, 2.75) is 39.8 Å². The molecule has 0 amide bonds. The van der Waals surface area contributed by atoms with Gasteiger partial charge in [0.1, 0.15) is 23.1 Å². The van der Waals surface area contributed by atoms with Gasteiger partial charge in [-0.2, -0.15) is 0 Å². The number of aromatic nitrogens is 4. The number of hydrogen-bond acceptors (Lipinski definition) is 4. The van der Waals surface area contributed by atoms with Gasteiger partial charge in [-0.25, -0.2) is 8.78 Å². The Hall–Kier alpha value is -3.42. The van der Waals surface area contributed by atoms with Gasteiger partial charge in [0.05, 0.1) is 23.9 Å². The predicted octanol–water partition coefficient (Wildman–Crippen LogP) is 5.16. The quantitative estimate of drug-likeness (QED) is 0.494. The molecule has 0 atom stereocenters. The molecule has 8 heteroatoms. The molecular weight excluding hydrogens is 400 g/mol. The Morgan fingerprint density at radius 1 is 1.13 bits per heavy atom. The average molecular weight is 423 g/mol. The Bertz CT molecular complexity index is 1350. The first-order chi connectivity index (χ1) is 14.8. The molecule has 5 rings (SSSR count). The van der Waals surface area contributed by atoms with Crippen molar-refractivity contribution in [3.8, 4) is 22.6 Å². The van der Waals surface area contributed by atoms with Crippen LogP contribution in [0.5, 0.6) is 5.75 Å². The molecule has 3 heterocycles. The number of hydrogen-bond donors (Lipinski definition) is 1. The number of nitrogens with zero attached hydrogens (tertiary/aromatic N) is 4. The van der Waals surface area contributed by atoms with Gasteiger partial charge in [-0.15, -0.1) is 10.2 Å². The summed E-state index contributed by atoms with van der Waals surface area (Å²) in [5.41, 5.74) is 1.95. The Balaban J connectivity index is 1.88. The third-order valence-corrected chi connectivity index (χ3v) is 5.94. The highest BCUT2D eigenvalue weighted by molar-refractivity contribution is 5.99. The normalized spacial score (nSPS) is 14.3. The molecule has 31 heavy (non-hydrogen) atoms. The van der Waals surface area contributed by atoms with Gasteiger partial charge in [-0.05, 0) is 57.5 Å². The summed E-state index contributed by atoms with van der Waals surface area (Å²) in [6.45, 7) is 8.34. The van der Waals surface area contributed by atoms with Gasteiger partial charge in [-0.1, -0.05) is 0 Å². The van der Waals surface area contributed by atoms with Gasteiger partial charge in [0.15, 0.2) is 11.6 Å². The average Bonchev–Trinajstić information content (AvgIpc) is 3.32. The lowest BCUT2D eigenvalue weighted by Gasteiger charge is -2.35. The van der Waals surface area contributed by atoms with Gasteiger partial charge in [0.2, 0.25) is 0 Å². The van der Waals surface area contributed by atoms with Gasteiger partial charge < -0.3 is 14.6 Å². The van der Waals surface area contributed by atoms with Gasteiger partial charge in [0, 0.05) is 23.7 Å². The summed E-state index contributed by atoms with van der Waals surface area (Å²) in [4.78, 5) is 0. The second-order valence-electron chi connectivity index (χ2n) is 8.31. The summed E-state index contributed by atoms with van der Waals surface area (Å²) < 4.78 is 39.7. The molecule has 0 saturated carbocycles. The molecule has 0 radical (unpaired) electrons. The standard InChI is InChI=1S/C23H23F2N5O/c1-6-29-8-7-14-15(9-13(24)10-18(14)29)16-11-17(25)19-20(21(16)31-5)30-12(2)27-28-22(30)23(3,4)26-19/h7-11,26H,6H2,1-5H3. The largest absolute Gasteiger partial charge is 0.494 e. The highest BCUT2D eigenvalue weighted by Gasteiger charge is 2.38. The summed E-state index contributed by atoms with van der Waals surface area (Å²) in [5.74, 6) is 0.845. The van der Waals surface area contributed by atoms with Crippen molar-refractivity contribution in [3.05, 3.63) is 53.7 Å². The molecule has 0 aliphatic carbocycles. The van der Waals surface area contributed by atoms with Crippen LogP contribution in [-0.2, 0) is 12.1 Å². The molecule has 0 unspecified atom stereocenters. The SMILES string of the molecule is CCn1ccc2c(-c3cc(F)c4c(c3OC)-n3c(C)nnc3C(C)(C)N4)cc(F)cc21. The topological polar surface area (TPSA) is 56.9 Å². The molecule has 0 spiro atoms. The number of nitrogens with one attached hydrogen (secondary N) is 1. The van der Waals surface area contributed by atoms with Crippen LogP contribution in [0.25, 0.3) is 27.7 Å². The van der Waals surface area contributed by atoms with E-state index in [2.05, 4.69) is 15.5 Å². The highest BCUT2D eigenvalue weighted by Crippen LogP contribution is 2.48. The van der Waals surface area contributed by atoms with Crippen LogP contribution >= 0.6 is 0 Å². The van der Waals surface area contributed by atoms with E-state index in [-0.39, 0.29) is 0 Å². The van der Waals surface area contributed by atoms with Crippen LogP contribution in [0.2, 0.25) is 0 Å². The first-order valence-corrected chi connectivity index (χ1v) is 10.2. The van der Waals surface area contributed by atoms with Crippen LogP contribution in [0.3, 0.4) is 0 Å². The summed E-state index contributed by atoms with van der Waals surface area (Å²) in [5, 5.41) is 12.6. The fourth-order valence-electron chi connectivity index (χ4n) is 4.52. The first-order valence-electron chi connectivity index (χ1n) is 10.2. The monoisotopic (exact) mass is 423 g/mol. The fraction of sp³-hybridized carbons (Fsp3) is 0.304. The third kappa shape index (κ3) is 2.67. The lowest BCUT2D eigenvalue weighted by Crippen LogP contribution is -2.36. The molecule has 0 fully saturated rings. The second kappa shape index (κ2) is 6.54. The summed E-state index contributed by atoms with van der Waals surface area (Å²) in [6, 6.07) is 6.24. The number of benzene rings is 2. The molecule has 4 aromatic rings. The van der Waals surface area contributed by atoms with Crippen LogP contribution in [0.15, 0.2) is 30.5 Å². The van der Waals surface area contributed by atoms with E-state index < -0.39 is 17.2 Å². The first kappa shape index (κ1) is 19.5. The minimum Gasteiger partial charge on any atom is -0.494 e. The zero-order valence-electron chi connectivity index (χ0n) is 18.0. The van der Waals surface area contributed by atoms with Crippen LogP contribution in [-0.4, -0.2) is 26.4 Å². The number of methoxy groups -OCH3 is 1. The lowest BCUT2D eigenvalue weighted by molar-refractivity contribution is 0.409. The maximum absolute atomic E-state index is 15.5. The number of rotatable bonds is 3. The summed E-state index contributed by atoms with van der Waals surface area (Å²) in [6.07, 6.45) is 1.90. The van der Waals surface area contributed by atoms with E-state index in [9.17, 15) is 4.39 Å². The van der Waals surface area contributed by atoms with Gasteiger partial charge >= 0.3 is 0 Å². The number of anilines is 1. The van der Waals surface area contributed by atoms with Crippen molar-refractivity contribution in [2.75, 3.05) is 12.4 Å². The smallest absolute Gasteiger partial charge is 0.162 e. The van der Waals surface area contributed by atoms with Crippen LogP contribution < -0.4 is 10.1 Å². The molecule has 2 aromatic carbocycles. The van der Waals surface area contributed by atoms with Crippen molar-refractivity contribution < 1.29 is 13.5 Å². The Morgan fingerprint density at radius 2 is 1.90 bits per heavy atom. The van der Waals surface area contributed by atoms with Gasteiger partial charge in [0.25, 0.3) is 0 Å². The molecule has 160 valence electrons. The van der Waals surface area contributed by atoms with Crippen molar-refractivity contribution in [3.63, 3.8) is 0 Å².